The van der Waals surface area contributed by atoms with Gasteiger partial charge in [-0.05, 0) is 43.0 Å². The third-order valence-corrected chi connectivity index (χ3v) is 3.71. The van der Waals surface area contributed by atoms with E-state index in [1.54, 1.807) is 0 Å². The van der Waals surface area contributed by atoms with Crippen LogP contribution in [0.4, 0.5) is 4.39 Å². The Morgan fingerprint density at radius 3 is 2.63 bits per heavy atom. The summed E-state index contributed by atoms with van der Waals surface area (Å²) in [5.74, 6) is 0.0547. The van der Waals surface area contributed by atoms with Crippen LogP contribution in [0.5, 0.6) is 0 Å². The fraction of sp³-hybridized carbons (Fsp3) is 0.500. The van der Waals surface area contributed by atoms with Gasteiger partial charge in [-0.25, -0.2) is 4.39 Å². The van der Waals surface area contributed by atoms with Gasteiger partial charge in [0.05, 0.1) is 0 Å². The highest BCUT2D eigenvalue weighted by molar-refractivity contribution is 5.94. The topological polar surface area (TPSA) is 46.3 Å². The molecule has 1 saturated heterocycles. The number of carbonyl (C=O) groups is 1. The fourth-order valence-electron chi connectivity index (χ4n) is 2.62. The van der Waals surface area contributed by atoms with Crippen molar-refractivity contribution >= 4 is 18.3 Å². The lowest BCUT2D eigenvalue weighted by molar-refractivity contribution is 0.0532. The average Bonchev–Trinajstić information content (AvgIpc) is 2.38. The maximum Gasteiger partial charge on any atom is 0.254 e. The first-order valence-corrected chi connectivity index (χ1v) is 6.40. The Kier molecular flexibility index (Phi) is 5.76. The smallest absolute Gasteiger partial charge is 0.254 e. The molecule has 0 aromatic heterocycles. The van der Waals surface area contributed by atoms with Crippen LogP contribution in [0.15, 0.2) is 24.3 Å². The highest BCUT2D eigenvalue weighted by atomic mass is 35.5. The van der Waals surface area contributed by atoms with Crippen LogP contribution in [-0.4, -0.2) is 29.9 Å². The maximum absolute atomic E-state index is 12.9. The van der Waals surface area contributed by atoms with Crippen molar-refractivity contribution in [3.05, 3.63) is 35.6 Å². The molecule has 2 N–H and O–H groups in total. The number of hydrogen-bond acceptors (Lipinski definition) is 2. The van der Waals surface area contributed by atoms with E-state index in [0.717, 1.165) is 19.4 Å². The summed E-state index contributed by atoms with van der Waals surface area (Å²) in [6.45, 7) is 3.35. The monoisotopic (exact) mass is 286 g/mol. The number of nitrogens with two attached hydrogens (primary N) is 1. The minimum atomic E-state index is -0.325. The van der Waals surface area contributed by atoms with Crippen molar-refractivity contribution < 1.29 is 9.18 Å². The van der Waals surface area contributed by atoms with E-state index in [-0.39, 0.29) is 30.2 Å². The van der Waals surface area contributed by atoms with Crippen LogP contribution in [0.25, 0.3) is 0 Å². The molecule has 2 atom stereocenters. The first-order valence-electron chi connectivity index (χ1n) is 6.40. The van der Waals surface area contributed by atoms with E-state index in [2.05, 4.69) is 6.92 Å². The normalized spacial score (nSPS) is 22.8. The molecule has 1 heterocycles. The molecule has 19 heavy (non-hydrogen) atoms. The van der Waals surface area contributed by atoms with Gasteiger partial charge in [0.2, 0.25) is 0 Å². The van der Waals surface area contributed by atoms with Crippen molar-refractivity contribution in [1.82, 2.24) is 4.90 Å². The molecule has 2 unspecified atom stereocenters. The van der Waals surface area contributed by atoms with Gasteiger partial charge in [0, 0.05) is 24.7 Å². The van der Waals surface area contributed by atoms with Gasteiger partial charge in [-0.3, -0.25) is 4.79 Å². The van der Waals surface area contributed by atoms with E-state index < -0.39 is 0 Å². The Morgan fingerprint density at radius 1 is 1.42 bits per heavy atom. The summed E-state index contributed by atoms with van der Waals surface area (Å²) in [5, 5.41) is 0. The third kappa shape index (κ3) is 3.45. The Bertz CT molecular complexity index is 424. The second-order valence-corrected chi connectivity index (χ2v) is 4.93. The van der Waals surface area contributed by atoms with E-state index in [4.69, 9.17) is 5.73 Å². The highest BCUT2D eigenvalue weighted by Crippen LogP contribution is 2.24. The Morgan fingerprint density at radius 2 is 2.05 bits per heavy atom. The zero-order valence-electron chi connectivity index (χ0n) is 11.0. The van der Waals surface area contributed by atoms with Gasteiger partial charge in [-0.2, -0.15) is 0 Å². The lowest BCUT2D eigenvalue weighted by Crippen LogP contribution is -2.51. The van der Waals surface area contributed by atoms with E-state index in [9.17, 15) is 9.18 Å². The predicted octanol–water partition coefficient (Wildman–Crippen LogP) is 2.45. The van der Waals surface area contributed by atoms with Gasteiger partial charge in [-0.1, -0.05) is 6.92 Å². The van der Waals surface area contributed by atoms with Crippen LogP contribution in [0, 0.1) is 11.7 Å². The summed E-state index contributed by atoms with van der Waals surface area (Å²) in [5.41, 5.74) is 6.30. The minimum absolute atomic E-state index is 0. The fourth-order valence-corrected chi connectivity index (χ4v) is 2.62. The number of benzene rings is 1. The molecular weight excluding hydrogens is 267 g/mol. The predicted molar refractivity (Wildman–Crippen MR) is 75.9 cm³/mol. The second-order valence-electron chi connectivity index (χ2n) is 4.93. The molecule has 1 aromatic carbocycles. The van der Waals surface area contributed by atoms with Gasteiger partial charge >= 0.3 is 0 Å². The van der Waals surface area contributed by atoms with Crippen LogP contribution in [-0.2, 0) is 0 Å². The zero-order valence-corrected chi connectivity index (χ0v) is 11.8. The second kappa shape index (κ2) is 6.87. The van der Waals surface area contributed by atoms with Crippen LogP contribution < -0.4 is 5.73 Å². The van der Waals surface area contributed by atoms with Crippen LogP contribution in [0.2, 0.25) is 0 Å². The number of likely N-dealkylation sites (tertiary alicyclic amines) is 1. The van der Waals surface area contributed by atoms with E-state index in [1.165, 1.54) is 24.3 Å². The Balaban J connectivity index is 0.00000180. The standard InChI is InChI=1S/C14H19FN2O.ClH/c1-10-3-2-8-17(13(10)9-16)14(18)11-4-6-12(15)7-5-11;/h4-7,10,13H,2-3,8-9,16H2,1H3;1H. The molecule has 1 aliphatic rings. The molecule has 1 aliphatic heterocycles. The molecule has 2 rings (SSSR count). The van der Waals surface area contributed by atoms with E-state index in [0.29, 0.717) is 18.0 Å². The SMILES string of the molecule is CC1CCCN(C(=O)c2ccc(F)cc2)C1CN.Cl. The number of amides is 1. The molecule has 1 amide bonds. The maximum atomic E-state index is 12.9. The molecule has 0 saturated carbocycles. The van der Waals surface area contributed by atoms with Crippen molar-refractivity contribution in [3.63, 3.8) is 0 Å². The first-order chi connectivity index (χ1) is 8.63. The summed E-state index contributed by atoms with van der Waals surface area (Å²) >= 11 is 0. The molecule has 0 radical (unpaired) electrons. The number of rotatable bonds is 2. The molecule has 0 aliphatic carbocycles. The molecule has 1 fully saturated rings. The van der Waals surface area contributed by atoms with Crippen molar-refractivity contribution in [1.29, 1.82) is 0 Å². The summed E-state index contributed by atoms with van der Waals surface area (Å²) in [6.07, 6.45) is 2.11. The van der Waals surface area contributed by atoms with Gasteiger partial charge in [0.1, 0.15) is 5.82 Å². The molecule has 3 nitrogen and oxygen atoms in total. The summed E-state index contributed by atoms with van der Waals surface area (Å²) < 4.78 is 12.9. The summed E-state index contributed by atoms with van der Waals surface area (Å²) in [7, 11) is 0. The number of piperidine rings is 1. The third-order valence-electron chi connectivity index (χ3n) is 3.71. The van der Waals surface area contributed by atoms with Crippen LogP contribution >= 0.6 is 12.4 Å². The summed E-state index contributed by atoms with van der Waals surface area (Å²) in [4.78, 5) is 14.2. The lowest BCUT2D eigenvalue weighted by atomic mass is 9.90. The van der Waals surface area contributed by atoms with Crippen molar-refractivity contribution in [2.45, 2.75) is 25.8 Å². The molecule has 106 valence electrons. The number of hydrogen-bond donors (Lipinski definition) is 1. The van der Waals surface area contributed by atoms with Gasteiger partial charge in [0.15, 0.2) is 0 Å². The van der Waals surface area contributed by atoms with E-state index in [1.807, 2.05) is 4.90 Å². The first kappa shape index (κ1) is 15.9. The zero-order chi connectivity index (χ0) is 13.1. The highest BCUT2D eigenvalue weighted by Gasteiger charge is 2.31. The quantitative estimate of drug-likeness (QED) is 0.908. The number of halogens is 2. The van der Waals surface area contributed by atoms with Gasteiger partial charge in [0.25, 0.3) is 5.91 Å². The van der Waals surface area contributed by atoms with Crippen molar-refractivity contribution in [2.24, 2.45) is 11.7 Å². The van der Waals surface area contributed by atoms with Crippen LogP contribution in [0.3, 0.4) is 0 Å². The Labute approximate surface area is 119 Å². The molecule has 0 spiro atoms. The minimum Gasteiger partial charge on any atom is -0.334 e. The number of nitrogens with zero attached hydrogens (tertiary/aromatic N) is 1. The molecular formula is C14H20ClFN2O. The van der Waals surface area contributed by atoms with E-state index >= 15 is 0 Å². The summed E-state index contributed by atoms with van der Waals surface area (Å²) in [6, 6.07) is 5.79. The molecule has 1 aromatic rings. The van der Waals surface area contributed by atoms with Crippen molar-refractivity contribution in [2.75, 3.05) is 13.1 Å². The Hall–Kier alpha value is -1.13. The van der Waals surface area contributed by atoms with Crippen molar-refractivity contribution in [3.8, 4) is 0 Å². The molecule has 0 bridgehead atoms. The largest absolute Gasteiger partial charge is 0.334 e. The number of carbonyl (C=O) groups excluding carboxylic acids is 1. The average molecular weight is 287 g/mol. The van der Waals surface area contributed by atoms with Gasteiger partial charge in [-0.15, -0.1) is 12.4 Å². The van der Waals surface area contributed by atoms with Gasteiger partial charge < -0.3 is 10.6 Å². The molecule has 5 heteroatoms. The lowest BCUT2D eigenvalue weighted by Gasteiger charge is -2.39. The van der Waals surface area contributed by atoms with Crippen LogP contribution in [0.1, 0.15) is 30.1 Å².